The van der Waals surface area contributed by atoms with E-state index >= 15 is 0 Å². The Labute approximate surface area is 201 Å². The van der Waals surface area contributed by atoms with Gasteiger partial charge in [0, 0.05) is 10.0 Å². The van der Waals surface area contributed by atoms with Crippen molar-refractivity contribution in [3.63, 3.8) is 0 Å². The summed E-state index contributed by atoms with van der Waals surface area (Å²) in [6.45, 7) is 6.13. The number of nitrogens with zero attached hydrogens (tertiary/aromatic N) is 3. The molecule has 2 aromatic heterocycles. The molecular formula is C24H22Cl2N4O3. The van der Waals surface area contributed by atoms with Gasteiger partial charge < -0.3 is 14.6 Å². The predicted molar refractivity (Wildman–Crippen MR) is 127 cm³/mol. The van der Waals surface area contributed by atoms with Gasteiger partial charge in [-0.1, -0.05) is 46.6 Å². The summed E-state index contributed by atoms with van der Waals surface area (Å²) >= 11 is 12.1. The number of amides is 1. The summed E-state index contributed by atoms with van der Waals surface area (Å²) in [5, 5.41) is 12.7. The van der Waals surface area contributed by atoms with Crippen LogP contribution in [0, 0.1) is 20.8 Å². The zero-order valence-electron chi connectivity index (χ0n) is 18.4. The summed E-state index contributed by atoms with van der Waals surface area (Å²) in [5.74, 6) is 0.695. The molecule has 0 fully saturated rings. The van der Waals surface area contributed by atoms with Gasteiger partial charge in [0.1, 0.15) is 18.1 Å². The quantitative estimate of drug-likeness (QED) is 0.348. The molecule has 0 aliphatic rings. The minimum Gasteiger partial charge on any atom is -0.489 e. The van der Waals surface area contributed by atoms with Crippen LogP contribution in [0.5, 0.6) is 5.75 Å². The fraction of sp³-hybridized carbons (Fsp3) is 0.208. The lowest BCUT2D eigenvalue weighted by Gasteiger charge is -2.09. The van der Waals surface area contributed by atoms with Crippen LogP contribution in [0.25, 0.3) is 0 Å². The van der Waals surface area contributed by atoms with Crippen molar-refractivity contribution in [1.82, 2.24) is 14.9 Å². The Morgan fingerprint density at radius 1 is 1.09 bits per heavy atom. The lowest BCUT2D eigenvalue weighted by Crippen LogP contribution is -2.16. The molecule has 0 radical (unpaired) electrons. The molecule has 0 bridgehead atoms. The Morgan fingerprint density at radius 2 is 1.82 bits per heavy atom. The van der Waals surface area contributed by atoms with Crippen LogP contribution in [0.1, 0.15) is 38.8 Å². The van der Waals surface area contributed by atoms with Gasteiger partial charge in [-0.15, -0.1) is 0 Å². The summed E-state index contributed by atoms with van der Waals surface area (Å²) in [6, 6.07) is 14.6. The normalized spacial score (nSPS) is 10.9. The van der Waals surface area contributed by atoms with Gasteiger partial charge in [0.2, 0.25) is 0 Å². The number of halogens is 2. The van der Waals surface area contributed by atoms with E-state index in [-0.39, 0.29) is 12.3 Å². The molecule has 9 heteroatoms. The number of hydrogen-bond donors (Lipinski definition) is 1. The Bertz CT molecular complexity index is 1310. The highest BCUT2D eigenvalue weighted by Gasteiger charge is 2.23. The summed E-state index contributed by atoms with van der Waals surface area (Å²) in [7, 11) is 0. The number of carbonyl (C=O) groups is 1. The van der Waals surface area contributed by atoms with Gasteiger partial charge in [-0.25, -0.2) is 0 Å². The van der Waals surface area contributed by atoms with Gasteiger partial charge >= 0.3 is 0 Å². The molecule has 33 heavy (non-hydrogen) atoms. The van der Waals surface area contributed by atoms with E-state index in [4.69, 9.17) is 32.5 Å². The van der Waals surface area contributed by atoms with Crippen LogP contribution < -0.4 is 10.1 Å². The zero-order valence-corrected chi connectivity index (χ0v) is 19.9. The van der Waals surface area contributed by atoms with E-state index in [1.807, 2.05) is 42.8 Å². The molecule has 0 unspecified atom stereocenters. The van der Waals surface area contributed by atoms with Crippen LogP contribution in [0.15, 0.2) is 53.1 Å². The Morgan fingerprint density at radius 3 is 2.55 bits per heavy atom. The second-order valence-electron chi connectivity index (χ2n) is 7.60. The van der Waals surface area contributed by atoms with Crippen molar-refractivity contribution in [1.29, 1.82) is 0 Å². The van der Waals surface area contributed by atoms with Crippen molar-refractivity contribution in [2.75, 3.05) is 5.32 Å². The molecule has 0 aliphatic carbocycles. The highest BCUT2D eigenvalue weighted by molar-refractivity contribution is 6.30. The van der Waals surface area contributed by atoms with Gasteiger partial charge in [0.25, 0.3) is 5.91 Å². The third-order valence-corrected chi connectivity index (χ3v) is 5.69. The first-order chi connectivity index (χ1) is 15.8. The first-order valence-electron chi connectivity index (χ1n) is 10.2. The van der Waals surface area contributed by atoms with E-state index in [9.17, 15) is 4.79 Å². The molecule has 4 aromatic rings. The summed E-state index contributed by atoms with van der Waals surface area (Å²) in [6.07, 6.45) is 0. The molecule has 0 saturated carbocycles. The van der Waals surface area contributed by atoms with E-state index < -0.39 is 5.91 Å². The predicted octanol–water partition coefficient (Wildman–Crippen LogP) is 5.98. The van der Waals surface area contributed by atoms with Crippen LogP contribution in [0.2, 0.25) is 10.0 Å². The van der Waals surface area contributed by atoms with Crippen LogP contribution in [-0.4, -0.2) is 20.8 Å². The van der Waals surface area contributed by atoms with Crippen molar-refractivity contribution in [3.05, 3.63) is 92.5 Å². The van der Waals surface area contributed by atoms with Crippen molar-refractivity contribution in [2.24, 2.45) is 0 Å². The molecule has 1 N–H and O–H groups in total. The maximum absolute atomic E-state index is 13.1. The maximum Gasteiger partial charge on any atom is 0.278 e. The number of nitrogens with one attached hydrogen (secondary N) is 1. The lowest BCUT2D eigenvalue weighted by atomic mass is 10.2. The van der Waals surface area contributed by atoms with Gasteiger partial charge in [-0.2, -0.15) is 5.10 Å². The molecule has 0 atom stereocenters. The van der Waals surface area contributed by atoms with E-state index in [2.05, 4.69) is 15.6 Å². The summed E-state index contributed by atoms with van der Waals surface area (Å²) in [4.78, 5) is 13.1. The average molecular weight is 485 g/mol. The monoisotopic (exact) mass is 484 g/mol. The van der Waals surface area contributed by atoms with Crippen molar-refractivity contribution < 1.29 is 14.1 Å². The Balaban J connectivity index is 1.51. The van der Waals surface area contributed by atoms with Gasteiger partial charge in [-0.3, -0.25) is 9.48 Å². The Kier molecular flexibility index (Phi) is 6.72. The van der Waals surface area contributed by atoms with E-state index in [1.54, 1.807) is 31.2 Å². The minimum absolute atomic E-state index is 0.115. The van der Waals surface area contributed by atoms with Gasteiger partial charge in [0.05, 0.1) is 29.2 Å². The maximum atomic E-state index is 13.1. The summed E-state index contributed by atoms with van der Waals surface area (Å²) in [5.41, 5.74) is 3.88. The number of ether oxygens (including phenoxy) is 1. The molecule has 0 saturated heterocycles. The molecule has 2 aromatic carbocycles. The topological polar surface area (TPSA) is 82.2 Å². The minimum atomic E-state index is -0.398. The number of hydrogen-bond acceptors (Lipinski definition) is 5. The van der Waals surface area contributed by atoms with Gasteiger partial charge in [-0.05, 0) is 56.7 Å². The molecule has 1 amide bonds. The molecule has 0 aliphatic heterocycles. The third-order valence-electron chi connectivity index (χ3n) is 5.22. The molecule has 0 spiro atoms. The van der Waals surface area contributed by atoms with E-state index in [1.165, 1.54) is 0 Å². The van der Waals surface area contributed by atoms with Crippen LogP contribution in [-0.2, 0) is 13.2 Å². The van der Waals surface area contributed by atoms with Crippen molar-refractivity contribution >= 4 is 34.8 Å². The number of aromatic nitrogens is 3. The number of aryl methyl sites for hydroxylation is 2. The van der Waals surface area contributed by atoms with E-state index in [0.717, 1.165) is 11.3 Å². The third kappa shape index (κ3) is 5.21. The second-order valence-corrected chi connectivity index (χ2v) is 8.47. The highest BCUT2D eigenvalue weighted by Crippen LogP contribution is 2.24. The number of benzene rings is 2. The first kappa shape index (κ1) is 22.9. The second kappa shape index (κ2) is 9.68. The highest BCUT2D eigenvalue weighted by atomic mass is 35.5. The smallest absolute Gasteiger partial charge is 0.278 e. The SMILES string of the molecule is Cc1nn(Cc2cccc(Cl)c2)c(C)c1NC(=O)c1noc(C)c1COc1cccc(Cl)c1. The molecule has 4 rings (SSSR count). The zero-order chi connectivity index (χ0) is 23.5. The largest absolute Gasteiger partial charge is 0.489 e. The van der Waals surface area contributed by atoms with Crippen molar-refractivity contribution in [2.45, 2.75) is 33.9 Å². The Hall–Kier alpha value is -3.29. The molecule has 7 nitrogen and oxygen atoms in total. The molecular weight excluding hydrogens is 463 g/mol. The molecule has 170 valence electrons. The number of rotatable bonds is 7. The lowest BCUT2D eigenvalue weighted by molar-refractivity contribution is 0.101. The van der Waals surface area contributed by atoms with Crippen LogP contribution in [0.3, 0.4) is 0 Å². The first-order valence-corrected chi connectivity index (χ1v) is 11.0. The molecule has 2 heterocycles. The fourth-order valence-electron chi connectivity index (χ4n) is 3.46. The number of carbonyl (C=O) groups excluding carboxylic acids is 1. The van der Waals surface area contributed by atoms with Crippen LogP contribution >= 0.6 is 23.2 Å². The van der Waals surface area contributed by atoms with Crippen molar-refractivity contribution in [3.8, 4) is 5.75 Å². The average Bonchev–Trinajstić information content (AvgIpc) is 3.26. The van der Waals surface area contributed by atoms with E-state index in [0.29, 0.717) is 45.0 Å². The van der Waals surface area contributed by atoms with Gasteiger partial charge in [0.15, 0.2) is 5.69 Å². The van der Waals surface area contributed by atoms with Crippen LogP contribution in [0.4, 0.5) is 5.69 Å². The fourth-order valence-corrected chi connectivity index (χ4v) is 3.86. The summed E-state index contributed by atoms with van der Waals surface area (Å²) < 4.78 is 12.9. The standard InChI is InChI=1S/C24H22Cl2N4O3/c1-14-22(15(2)30(28-14)12-17-6-4-7-18(25)10-17)27-24(31)23-21(16(3)33-29-23)13-32-20-9-5-8-19(26)11-20/h4-11H,12-13H2,1-3H3,(H,27,31). The number of anilines is 1.